The fourth-order valence-corrected chi connectivity index (χ4v) is 3.78. The molecule has 0 unspecified atom stereocenters. The van der Waals surface area contributed by atoms with Crippen LogP contribution in [0.2, 0.25) is 0 Å². The predicted octanol–water partition coefficient (Wildman–Crippen LogP) is 8.09. The van der Waals surface area contributed by atoms with Gasteiger partial charge in [0, 0.05) is 0 Å². The van der Waals surface area contributed by atoms with Crippen LogP contribution in [0.5, 0.6) is 17.2 Å². The van der Waals surface area contributed by atoms with E-state index in [0.29, 0.717) is 24.3 Å². The average Bonchev–Trinajstić information content (AvgIpc) is 2.80. The highest BCUT2D eigenvalue weighted by atomic mass is 16.5. The summed E-state index contributed by atoms with van der Waals surface area (Å²) in [7, 11) is 0. The molecule has 1 N–H and O–H groups in total. The largest absolute Gasteiger partial charge is 0.504 e. The zero-order valence-electron chi connectivity index (χ0n) is 21.5. The maximum Gasteiger partial charge on any atom is 0.383 e. The van der Waals surface area contributed by atoms with Gasteiger partial charge in [-0.3, -0.25) is 0 Å². The zero-order chi connectivity index (χ0) is 24.8. The Kier molecular flexibility index (Phi) is 12.4. The number of rotatable bonds is 16. The van der Waals surface area contributed by atoms with Crippen molar-refractivity contribution in [3.63, 3.8) is 0 Å². The molecule has 0 radical (unpaired) electrons. The number of aromatic hydroxyl groups is 1. The van der Waals surface area contributed by atoms with E-state index in [4.69, 9.17) is 13.9 Å². The van der Waals surface area contributed by atoms with E-state index in [-0.39, 0.29) is 17.1 Å². The van der Waals surface area contributed by atoms with Crippen LogP contribution >= 0.6 is 0 Å². The van der Waals surface area contributed by atoms with Crippen molar-refractivity contribution in [2.45, 2.75) is 91.9 Å². The van der Waals surface area contributed by atoms with Gasteiger partial charge in [-0.2, -0.15) is 0 Å². The normalized spacial score (nSPS) is 11.6. The standard InChI is InChI=1S/C29H42O5/c1-5-6-7-8-9-10-11-12-20-33-28-26(30)24-17-14-18-25(27(24)34-29(28)31)32-21-19-23(4)16-13-15-22(2)3/h14-15,17-19,30H,5-13,16,20-21H2,1-4H3. The first-order chi connectivity index (χ1) is 16.4. The second-order valence-electron chi connectivity index (χ2n) is 9.21. The molecule has 0 aliphatic carbocycles. The van der Waals surface area contributed by atoms with E-state index in [0.717, 1.165) is 32.1 Å². The fourth-order valence-electron chi connectivity index (χ4n) is 3.78. The van der Waals surface area contributed by atoms with Crippen molar-refractivity contribution < 1.29 is 19.0 Å². The molecule has 0 amide bonds. The summed E-state index contributed by atoms with van der Waals surface area (Å²) in [5, 5.41) is 11.1. The van der Waals surface area contributed by atoms with Crippen molar-refractivity contribution in [1.29, 1.82) is 0 Å². The Bertz CT molecular complexity index is 995. The monoisotopic (exact) mass is 470 g/mol. The molecule has 0 spiro atoms. The molecule has 2 aromatic rings. The van der Waals surface area contributed by atoms with Gasteiger partial charge in [0.1, 0.15) is 6.61 Å². The van der Waals surface area contributed by atoms with Crippen LogP contribution in [0.3, 0.4) is 0 Å². The number of hydrogen-bond acceptors (Lipinski definition) is 5. The Hall–Kier alpha value is -2.69. The summed E-state index contributed by atoms with van der Waals surface area (Å²) >= 11 is 0. The van der Waals surface area contributed by atoms with Crippen LogP contribution in [-0.4, -0.2) is 18.3 Å². The Labute approximate surface area is 204 Å². The summed E-state index contributed by atoms with van der Waals surface area (Å²) in [6.45, 7) is 9.23. The van der Waals surface area contributed by atoms with Crippen molar-refractivity contribution >= 4 is 11.0 Å². The molecule has 0 fully saturated rings. The van der Waals surface area contributed by atoms with Crippen LogP contribution in [0, 0.1) is 0 Å². The van der Waals surface area contributed by atoms with Gasteiger partial charge in [0.2, 0.25) is 5.75 Å². The van der Waals surface area contributed by atoms with Crippen molar-refractivity contribution in [3.05, 3.63) is 51.9 Å². The molecule has 0 bridgehead atoms. The fraction of sp³-hybridized carbons (Fsp3) is 0.552. The minimum absolute atomic E-state index is 0.123. The molecule has 1 heterocycles. The summed E-state index contributed by atoms with van der Waals surface area (Å²) in [6.07, 6.45) is 15.6. The van der Waals surface area contributed by atoms with Crippen molar-refractivity contribution in [1.82, 2.24) is 0 Å². The van der Waals surface area contributed by atoms with E-state index in [2.05, 4.69) is 33.8 Å². The minimum Gasteiger partial charge on any atom is -0.504 e. The lowest BCUT2D eigenvalue weighted by Gasteiger charge is -2.11. The molecule has 5 nitrogen and oxygen atoms in total. The van der Waals surface area contributed by atoms with Gasteiger partial charge >= 0.3 is 5.63 Å². The van der Waals surface area contributed by atoms with Crippen molar-refractivity contribution in [2.24, 2.45) is 0 Å². The molecule has 1 aromatic carbocycles. The molecular weight excluding hydrogens is 428 g/mol. The highest BCUT2D eigenvalue weighted by Crippen LogP contribution is 2.35. The second kappa shape index (κ2) is 15.3. The maximum atomic E-state index is 12.5. The molecule has 0 aliphatic rings. The molecule has 34 heavy (non-hydrogen) atoms. The van der Waals surface area contributed by atoms with Gasteiger partial charge in [-0.1, -0.05) is 75.2 Å². The zero-order valence-corrected chi connectivity index (χ0v) is 21.5. The molecule has 5 heteroatoms. The van der Waals surface area contributed by atoms with Crippen molar-refractivity contribution in [2.75, 3.05) is 13.2 Å². The highest BCUT2D eigenvalue weighted by molar-refractivity contribution is 5.89. The first kappa shape index (κ1) is 27.6. The van der Waals surface area contributed by atoms with Crippen LogP contribution in [0.4, 0.5) is 0 Å². The van der Waals surface area contributed by atoms with Crippen LogP contribution in [-0.2, 0) is 0 Å². The van der Waals surface area contributed by atoms with Crippen LogP contribution < -0.4 is 15.1 Å². The Morgan fingerprint density at radius 1 is 0.971 bits per heavy atom. The van der Waals surface area contributed by atoms with E-state index in [1.54, 1.807) is 18.2 Å². The van der Waals surface area contributed by atoms with Gasteiger partial charge in [0.05, 0.1) is 12.0 Å². The van der Waals surface area contributed by atoms with E-state index in [1.807, 2.05) is 6.08 Å². The van der Waals surface area contributed by atoms with Gasteiger partial charge in [-0.15, -0.1) is 0 Å². The van der Waals surface area contributed by atoms with Gasteiger partial charge in [0.25, 0.3) is 0 Å². The van der Waals surface area contributed by atoms with Crippen LogP contribution in [0.1, 0.15) is 91.9 Å². The first-order valence-electron chi connectivity index (χ1n) is 12.8. The van der Waals surface area contributed by atoms with Crippen LogP contribution in [0.15, 0.2) is 50.7 Å². The molecule has 0 saturated carbocycles. The number of benzene rings is 1. The minimum atomic E-state index is -0.686. The third-order valence-corrected chi connectivity index (χ3v) is 5.84. The van der Waals surface area contributed by atoms with Gasteiger partial charge < -0.3 is 19.0 Å². The molecule has 0 saturated heterocycles. The number of allylic oxidation sites excluding steroid dienone is 3. The number of unbranched alkanes of at least 4 members (excludes halogenated alkanes) is 7. The van der Waals surface area contributed by atoms with Gasteiger partial charge in [0.15, 0.2) is 17.1 Å². The summed E-state index contributed by atoms with van der Waals surface area (Å²) < 4.78 is 17.0. The first-order valence-corrected chi connectivity index (χ1v) is 12.8. The van der Waals surface area contributed by atoms with E-state index in [9.17, 15) is 9.90 Å². The van der Waals surface area contributed by atoms with Gasteiger partial charge in [-0.05, 0) is 58.2 Å². The number of para-hydroxylation sites is 1. The lowest BCUT2D eigenvalue weighted by molar-refractivity contribution is 0.274. The molecule has 0 aliphatic heterocycles. The second-order valence-corrected chi connectivity index (χ2v) is 9.21. The Morgan fingerprint density at radius 2 is 1.68 bits per heavy atom. The number of fused-ring (bicyclic) bond motifs is 1. The molecule has 2 rings (SSSR count). The highest BCUT2D eigenvalue weighted by Gasteiger charge is 2.18. The average molecular weight is 471 g/mol. The van der Waals surface area contributed by atoms with E-state index >= 15 is 0 Å². The Balaban J connectivity index is 1.93. The molecular formula is C29H42O5. The van der Waals surface area contributed by atoms with E-state index < -0.39 is 5.63 Å². The number of ether oxygens (including phenoxy) is 2. The number of hydrogen-bond donors (Lipinski definition) is 1. The quantitative estimate of drug-likeness (QED) is 0.152. The summed E-state index contributed by atoms with van der Waals surface area (Å²) in [4.78, 5) is 12.5. The smallest absolute Gasteiger partial charge is 0.383 e. The SMILES string of the molecule is CCCCCCCCCCOc1c(O)c2cccc(OCC=C(C)CCC=C(C)C)c2oc1=O. The molecule has 0 atom stereocenters. The summed E-state index contributed by atoms with van der Waals surface area (Å²) in [6, 6.07) is 5.20. The Morgan fingerprint density at radius 3 is 2.38 bits per heavy atom. The molecule has 188 valence electrons. The predicted molar refractivity (Wildman–Crippen MR) is 140 cm³/mol. The third kappa shape index (κ3) is 9.28. The molecule has 1 aromatic heterocycles. The maximum absolute atomic E-state index is 12.5. The lowest BCUT2D eigenvalue weighted by Crippen LogP contribution is -2.09. The summed E-state index contributed by atoms with van der Waals surface area (Å²) in [5.74, 6) is 0.111. The van der Waals surface area contributed by atoms with E-state index in [1.165, 1.54) is 43.3 Å². The van der Waals surface area contributed by atoms with Gasteiger partial charge in [-0.25, -0.2) is 4.79 Å². The topological polar surface area (TPSA) is 68.9 Å². The summed E-state index contributed by atoms with van der Waals surface area (Å²) in [5.41, 5.74) is 2.10. The van der Waals surface area contributed by atoms with Crippen molar-refractivity contribution in [3.8, 4) is 17.2 Å². The lowest BCUT2D eigenvalue weighted by atomic mass is 10.1. The van der Waals surface area contributed by atoms with Crippen LogP contribution in [0.25, 0.3) is 11.0 Å². The third-order valence-electron chi connectivity index (χ3n) is 5.84.